The molecule has 4 rings (SSSR count). The first-order chi connectivity index (χ1) is 16.2. The second kappa shape index (κ2) is 10.4. The Morgan fingerprint density at radius 3 is 2.71 bits per heavy atom. The molecule has 1 N–H and O–H groups in total. The number of pyridine rings is 1. The molecule has 3 aliphatic rings. The third-order valence-electron chi connectivity index (χ3n) is 8.03. The van der Waals surface area contributed by atoms with E-state index in [-0.39, 0.29) is 17.2 Å². The summed E-state index contributed by atoms with van der Waals surface area (Å²) in [5.74, 6) is 1.06. The number of aromatic nitrogens is 1. The zero-order chi connectivity index (χ0) is 24.3. The van der Waals surface area contributed by atoms with Crippen molar-refractivity contribution in [2.24, 2.45) is 17.3 Å². The van der Waals surface area contributed by atoms with Gasteiger partial charge in [0.2, 0.25) is 5.91 Å². The predicted molar refractivity (Wildman–Crippen MR) is 125 cm³/mol. The Morgan fingerprint density at radius 1 is 1.29 bits per heavy atom. The number of hydrogen-bond donors (Lipinski definition) is 1. The van der Waals surface area contributed by atoms with Crippen LogP contribution in [0.4, 0.5) is 13.2 Å². The van der Waals surface area contributed by atoms with E-state index in [4.69, 9.17) is 4.74 Å². The fourth-order valence-corrected chi connectivity index (χ4v) is 5.68. The molecular weight excluding hydrogens is 443 g/mol. The topological polar surface area (TPSA) is 54.5 Å². The summed E-state index contributed by atoms with van der Waals surface area (Å²) in [4.78, 5) is 19.8. The van der Waals surface area contributed by atoms with Crippen LogP contribution in [0.5, 0.6) is 0 Å². The number of nitrogens with one attached hydrogen (secondary N) is 1. The van der Waals surface area contributed by atoms with E-state index < -0.39 is 11.7 Å². The van der Waals surface area contributed by atoms with Crippen LogP contribution in [0.1, 0.15) is 63.6 Å². The van der Waals surface area contributed by atoms with Gasteiger partial charge in [0.1, 0.15) is 0 Å². The summed E-state index contributed by atoms with van der Waals surface area (Å²) in [6.07, 6.45) is 4.09. The van der Waals surface area contributed by atoms with Crippen LogP contribution in [0.3, 0.4) is 0 Å². The summed E-state index contributed by atoms with van der Waals surface area (Å²) in [5.41, 5.74) is 0.0449. The Hall–Kier alpha value is -1.93. The second-order valence-electron chi connectivity index (χ2n) is 10.4. The van der Waals surface area contributed by atoms with Gasteiger partial charge in [0.15, 0.2) is 0 Å². The van der Waals surface area contributed by atoms with Crippen molar-refractivity contribution in [2.45, 2.75) is 64.6 Å². The lowest BCUT2D eigenvalue weighted by molar-refractivity contribution is -0.144. The number of alkyl halides is 3. The highest BCUT2D eigenvalue weighted by molar-refractivity contribution is 5.84. The zero-order valence-corrected chi connectivity index (χ0v) is 20.2. The van der Waals surface area contributed by atoms with Crippen LogP contribution >= 0.6 is 0 Å². The van der Waals surface area contributed by atoms with Crippen LogP contribution in [-0.2, 0) is 15.7 Å². The molecule has 0 spiro atoms. The fourth-order valence-electron chi connectivity index (χ4n) is 5.68. The third-order valence-corrected chi connectivity index (χ3v) is 8.03. The van der Waals surface area contributed by atoms with Gasteiger partial charge in [0.25, 0.3) is 0 Å². The maximum absolute atomic E-state index is 13.7. The summed E-state index contributed by atoms with van der Waals surface area (Å²) in [6.45, 7) is 7.86. The molecule has 1 aliphatic carbocycles. The van der Waals surface area contributed by atoms with E-state index in [1.807, 2.05) is 11.0 Å². The van der Waals surface area contributed by atoms with Crippen molar-refractivity contribution in [3.8, 4) is 0 Å². The van der Waals surface area contributed by atoms with Crippen LogP contribution < -0.4 is 5.32 Å². The zero-order valence-electron chi connectivity index (χ0n) is 20.2. The number of nitrogens with zero attached hydrogens (tertiary/aromatic N) is 2. The molecule has 1 aromatic heterocycles. The van der Waals surface area contributed by atoms with Gasteiger partial charge in [-0.05, 0) is 74.6 Å². The van der Waals surface area contributed by atoms with Gasteiger partial charge in [-0.2, -0.15) is 13.2 Å². The SMILES string of the molecule is CC(C)[C@]1(C(=O)N2CC=C(c3cc(C(F)(F)F)ccn3)CC2)CC[C@@H](NCC2CCOCC2)C1. The van der Waals surface area contributed by atoms with Crippen LogP contribution in [0.15, 0.2) is 24.4 Å². The summed E-state index contributed by atoms with van der Waals surface area (Å²) in [7, 11) is 0. The first kappa shape index (κ1) is 25.2. The first-order valence-corrected chi connectivity index (χ1v) is 12.5. The van der Waals surface area contributed by atoms with Gasteiger partial charge in [0, 0.05) is 38.5 Å². The minimum absolute atomic E-state index is 0.185. The molecule has 1 amide bonds. The van der Waals surface area contributed by atoms with Gasteiger partial charge in [-0.3, -0.25) is 9.78 Å². The van der Waals surface area contributed by atoms with Crippen LogP contribution in [-0.4, -0.2) is 54.7 Å². The molecule has 0 unspecified atom stereocenters. The van der Waals surface area contributed by atoms with Crippen LogP contribution in [0.25, 0.3) is 5.57 Å². The van der Waals surface area contributed by atoms with E-state index in [9.17, 15) is 18.0 Å². The van der Waals surface area contributed by atoms with Gasteiger partial charge < -0.3 is 15.0 Å². The smallest absolute Gasteiger partial charge is 0.381 e. The molecule has 8 heteroatoms. The highest BCUT2D eigenvalue weighted by Gasteiger charge is 2.49. The minimum Gasteiger partial charge on any atom is -0.381 e. The number of hydrogen-bond acceptors (Lipinski definition) is 4. The lowest BCUT2D eigenvalue weighted by atomic mass is 9.74. The van der Waals surface area contributed by atoms with Crippen molar-refractivity contribution in [1.82, 2.24) is 15.2 Å². The van der Waals surface area contributed by atoms with Crippen molar-refractivity contribution >= 4 is 11.5 Å². The molecule has 0 aromatic carbocycles. The molecule has 188 valence electrons. The van der Waals surface area contributed by atoms with Gasteiger partial charge >= 0.3 is 6.18 Å². The van der Waals surface area contributed by atoms with E-state index in [1.165, 1.54) is 6.20 Å². The van der Waals surface area contributed by atoms with E-state index in [1.54, 1.807) is 0 Å². The van der Waals surface area contributed by atoms with Crippen molar-refractivity contribution in [3.63, 3.8) is 0 Å². The van der Waals surface area contributed by atoms with E-state index in [0.29, 0.717) is 37.2 Å². The fraction of sp³-hybridized carbons (Fsp3) is 0.692. The molecule has 2 fully saturated rings. The minimum atomic E-state index is -4.39. The molecule has 1 saturated carbocycles. The Labute approximate surface area is 200 Å². The second-order valence-corrected chi connectivity index (χ2v) is 10.4. The Kier molecular flexibility index (Phi) is 7.67. The van der Waals surface area contributed by atoms with Gasteiger partial charge in [0.05, 0.1) is 16.7 Å². The largest absolute Gasteiger partial charge is 0.416 e. The van der Waals surface area contributed by atoms with Gasteiger partial charge in [-0.15, -0.1) is 0 Å². The Balaban J connectivity index is 1.39. The number of ether oxygens (including phenoxy) is 1. The molecule has 2 atom stereocenters. The van der Waals surface area contributed by atoms with E-state index >= 15 is 0 Å². The van der Waals surface area contributed by atoms with Crippen LogP contribution in [0.2, 0.25) is 0 Å². The maximum Gasteiger partial charge on any atom is 0.416 e. The van der Waals surface area contributed by atoms with E-state index in [0.717, 1.165) is 69.6 Å². The van der Waals surface area contributed by atoms with E-state index in [2.05, 4.69) is 24.1 Å². The molecule has 0 bridgehead atoms. The van der Waals surface area contributed by atoms with Crippen molar-refractivity contribution < 1.29 is 22.7 Å². The molecule has 34 heavy (non-hydrogen) atoms. The standard InChI is InChI=1S/C26H36F3N3O2/c1-18(2)25(9-3-22(16-25)31-17-19-7-13-34-14-8-19)24(33)32-11-5-20(6-12-32)23-15-21(4-10-30-23)26(27,28)29/h4-5,10,15,18-19,22,31H,3,6-9,11-14,16-17H2,1-2H3/t22-,25+/m1/s1. The number of amides is 1. The van der Waals surface area contributed by atoms with Crippen molar-refractivity contribution in [1.29, 1.82) is 0 Å². The lowest BCUT2D eigenvalue weighted by Gasteiger charge is -2.39. The number of rotatable bonds is 6. The van der Waals surface area contributed by atoms with Gasteiger partial charge in [-0.1, -0.05) is 19.9 Å². The normalized spacial score (nSPS) is 26.7. The number of carbonyl (C=O) groups is 1. The molecule has 1 aromatic rings. The van der Waals surface area contributed by atoms with Crippen molar-refractivity contribution in [2.75, 3.05) is 32.8 Å². The highest BCUT2D eigenvalue weighted by atomic mass is 19.4. The van der Waals surface area contributed by atoms with Crippen LogP contribution in [0, 0.1) is 17.3 Å². The third kappa shape index (κ3) is 5.48. The predicted octanol–water partition coefficient (Wildman–Crippen LogP) is 4.93. The lowest BCUT2D eigenvalue weighted by Crippen LogP contribution is -2.48. The van der Waals surface area contributed by atoms with Crippen molar-refractivity contribution in [3.05, 3.63) is 35.7 Å². The number of carbonyl (C=O) groups excluding carboxylic acids is 1. The molecule has 3 heterocycles. The Bertz CT molecular complexity index is 896. The summed E-state index contributed by atoms with van der Waals surface area (Å²) in [6, 6.07) is 2.44. The summed E-state index contributed by atoms with van der Waals surface area (Å²) < 4.78 is 44.7. The molecule has 2 aliphatic heterocycles. The monoisotopic (exact) mass is 479 g/mol. The molecule has 0 radical (unpaired) electrons. The Morgan fingerprint density at radius 2 is 2.06 bits per heavy atom. The first-order valence-electron chi connectivity index (χ1n) is 12.5. The molecule has 1 saturated heterocycles. The highest BCUT2D eigenvalue weighted by Crippen LogP contribution is 2.46. The summed E-state index contributed by atoms with van der Waals surface area (Å²) in [5, 5.41) is 3.73. The average molecular weight is 480 g/mol. The molecular formula is C26H36F3N3O2. The molecule has 5 nitrogen and oxygen atoms in total. The summed E-state index contributed by atoms with van der Waals surface area (Å²) >= 11 is 0. The maximum atomic E-state index is 13.7. The van der Waals surface area contributed by atoms with Gasteiger partial charge in [-0.25, -0.2) is 0 Å². The quantitative estimate of drug-likeness (QED) is 0.629. The number of halogens is 3. The average Bonchev–Trinajstić information content (AvgIpc) is 3.28.